The smallest absolute Gasteiger partial charge is 0.271 e. The number of nitrogens with one attached hydrogen (secondary N) is 1. The molecule has 5 heteroatoms. The average molecular weight is 271 g/mol. The Morgan fingerprint density at radius 1 is 1.40 bits per heavy atom. The molecule has 0 aliphatic carbocycles. The first-order valence-electron chi connectivity index (χ1n) is 6.37. The van der Waals surface area contributed by atoms with E-state index in [2.05, 4.69) is 10.5 Å². The minimum absolute atomic E-state index is 0.269. The highest BCUT2D eigenvalue weighted by atomic mass is 16.5. The summed E-state index contributed by atoms with van der Waals surface area (Å²) in [5.74, 6) is 0.372. The Kier molecular flexibility index (Phi) is 4.55. The van der Waals surface area contributed by atoms with Crippen LogP contribution < -0.4 is 10.2 Å². The van der Waals surface area contributed by atoms with Crippen LogP contribution in [-0.4, -0.2) is 23.8 Å². The van der Waals surface area contributed by atoms with Crippen LogP contribution in [0.5, 0.6) is 5.75 Å². The summed E-state index contributed by atoms with van der Waals surface area (Å²) in [7, 11) is 1.56. The lowest BCUT2D eigenvalue weighted by Gasteiger charge is -2.03. The molecule has 1 amide bonds. The van der Waals surface area contributed by atoms with E-state index in [-0.39, 0.29) is 5.91 Å². The third kappa shape index (κ3) is 3.26. The van der Waals surface area contributed by atoms with Gasteiger partial charge >= 0.3 is 0 Å². The lowest BCUT2D eigenvalue weighted by molar-refractivity contribution is 0.0955. The molecule has 2 rings (SSSR count). The van der Waals surface area contributed by atoms with Crippen molar-refractivity contribution in [2.75, 3.05) is 7.11 Å². The molecule has 0 fully saturated rings. The molecule has 0 radical (unpaired) electrons. The Morgan fingerprint density at radius 2 is 2.25 bits per heavy atom. The van der Waals surface area contributed by atoms with E-state index in [9.17, 15) is 4.79 Å². The van der Waals surface area contributed by atoms with Crippen molar-refractivity contribution in [2.24, 2.45) is 5.10 Å². The highest BCUT2D eigenvalue weighted by Gasteiger charge is 2.05. The van der Waals surface area contributed by atoms with E-state index in [0.29, 0.717) is 11.3 Å². The minimum atomic E-state index is -0.269. The van der Waals surface area contributed by atoms with Crippen LogP contribution in [0.25, 0.3) is 0 Å². The topological polar surface area (TPSA) is 55.6 Å². The molecule has 1 aromatic heterocycles. The molecule has 0 spiro atoms. The molecule has 2 aromatic rings. The van der Waals surface area contributed by atoms with E-state index in [0.717, 1.165) is 12.2 Å². The monoisotopic (exact) mass is 271 g/mol. The van der Waals surface area contributed by atoms with Gasteiger partial charge in [0.25, 0.3) is 5.91 Å². The van der Waals surface area contributed by atoms with Crippen LogP contribution in [0.4, 0.5) is 0 Å². The number of carbonyl (C=O) groups is 1. The number of rotatable bonds is 5. The second kappa shape index (κ2) is 6.56. The van der Waals surface area contributed by atoms with Gasteiger partial charge in [0.05, 0.1) is 19.0 Å². The fraction of sp³-hybridized carbons (Fsp3) is 0.200. The highest BCUT2D eigenvalue weighted by Crippen LogP contribution is 2.12. The molecule has 0 aliphatic heterocycles. The van der Waals surface area contributed by atoms with Crippen LogP contribution in [0.3, 0.4) is 0 Å². The molecule has 20 heavy (non-hydrogen) atoms. The zero-order valence-electron chi connectivity index (χ0n) is 11.5. The maximum Gasteiger partial charge on any atom is 0.271 e. The molecule has 0 saturated heterocycles. The summed E-state index contributed by atoms with van der Waals surface area (Å²) in [6, 6.07) is 10.8. The molecular formula is C15H17N3O2. The minimum Gasteiger partial charge on any atom is -0.497 e. The molecular weight excluding hydrogens is 254 g/mol. The number of ether oxygens (including phenoxy) is 1. The van der Waals surface area contributed by atoms with Gasteiger partial charge in [-0.05, 0) is 37.3 Å². The number of aromatic nitrogens is 1. The quantitative estimate of drug-likeness (QED) is 0.670. The van der Waals surface area contributed by atoms with Gasteiger partial charge in [-0.15, -0.1) is 0 Å². The van der Waals surface area contributed by atoms with Crippen molar-refractivity contribution < 1.29 is 9.53 Å². The van der Waals surface area contributed by atoms with Gasteiger partial charge < -0.3 is 9.30 Å². The van der Waals surface area contributed by atoms with Gasteiger partial charge in [0, 0.05) is 18.3 Å². The van der Waals surface area contributed by atoms with E-state index in [1.165, 1.54) is 0 Å². The number of methoxy groups -OCH3 is 1. The lowest BCUT2D eigenvalue weighted by atomic mass is 10.2. The number of carbonyl (C=O) groups excluding carboxylic acids is 1. The van der Waals surface area contributed by atoms with Crippen molar-refractivity contribution in [3.63, 3.8) is 0 Å². The molecule has 0 unspecified atom stereocenters. The summed E-state index contributed by atoms with van der Waals surface area (Å²) in [5, 5.41) is 3.97. The third-order valence-electron chi connectivity index (χ3n) is 2.90. The van der Waals surface area contributed by atoms with Gasteiger partial charge in [-0.3, -0.25) is 4.79 Å². The van der Waals surface area contributed by atoms with Crippen molar-refractivity contribution in [3.8, 4) is 5.75 Å². The molecule has 0 aliphatic rings. The molecule has 0 atom stereocenters. The summed E-state index contributed by atoms with van der Waals surface area (Å²) in [6.45, 7) is 2.91. The fourth-order valence-electron chi connectivity index (χ4n) is 1.82. The Morgan fingerprint density at radius 3 is 3.00 bits per heavy atom. The van der Waals surface area contributed by atoms with E-state index >= 15 is 0 Å². The van der Waals surface area contributed by atoms with Gasteiger partial charge in [0.15, 0.2) is 0 Å². The Hall–Kier alpha value is -2.56. The van der Waals surface area contributed by atoms with E-state index in [1.807, 2.05) is 29.8 Å². The van der Waals surface area contributed by atoms with Gasteiger partial charge in [-0.2, -0.15) is 5.10 Å². The first-order chi connectivity index (χ1) is 9.74. The number of hydrogen-bond acceptors (Lipinski definition) is 3. The number of nitrogens with zero attached hydrogens (tertiary/aromatic N) is 2. The molecule has 0 bridgehead atoms. The Labute approximate surface area is 117 Å². The highest BCUT2D eigenvalue weighted by molar-refractivity contribution is 5.95. The van der Waals surface area contributed by atoms with Gasteiger partial charge in [-0.25, -0.2) is 5.43 Å². The first kappa shape index (κ1) is 13.9. The summed E-state index contributed by atoms with van der Waals surface area (Å²) < 4.78 is 7.11. The van der Waals surface area contributed by atoms with Crippen LogP contribution >= 0.6 is 0 Å². The Balaban J connectivity index is 2.01. The second-order valence-electron chi connectivity index (χ2n) is 4.15. The number of hydrogen-bond donors (Lipinski definition) is 1. The maximum atomic E-state index is 11.9. The van der Waals surface area contributed by atoms with Crippen LogP contribution in [-0.2, 0) is 6.54 Å². The van der Waals surface area contributed by atoms with E-state index in [1.54, 1.807) is 37.6 Å². The molecule has 0 saturated carbocycles. The number of benzene rings is 1. The maximum absolute atomic E-state index is 11.9. The standard InChI is InChI=1S/C15H17N3O2/c1-3-18-9-5-7-13(18)11-16-17-15(19)12-6-4-8-14(10-12)20-2/h4-11H,3H2,1-2H3,(H,17,19)/b16-11-. The fourth-order valence-corrected chi connectivity index (χ4v) is 1.82. The normalized spacial score (nSPS) is 10.7. The van der Waals surface area contributed by atoms with Crippen LogP contribution in [0.1, 0.15) is 23.0 Å². The van der Waals surface area contributed by atoms with Crippen molar-refractivity contribution in [3.05, 3.63) is 53.9 Å². The second-order valence-corrected chi connectivity index (χ2v) is 4.15. The van der Waals surface area contributed by atoms with Crippen LogP contribution in [0.2, 0.25) is 0 Å². The summed E-state index contributed by atoms with van der Waals surface area (Å²) in [4.78, 5) is 11.9. The average Bonchev–Trinajstić information content (AvgIpc) is 2.94. The van der Waals surface area contributed by atoms with Gasteiger partial charge in [0.2, 0.25) is 0 Å². The van der Waals surface area contributed by atoms with Gasteiger partial charge in [-0.1, -0.05) is 6.07 Å². The summed E-state index contributed by atoms with van der Waals surface area (Å²) in [5.41, 5.74) is 3.95. The number of hydrazone groups is 1. The lowest BCUT2D eigenvalue weighted by Crippen LogP contribution is -2.17. The summed E-state index contributed by atoms with van der Waals surface area (Å²) >= 11 is 0. The predicted octanol–water partition coefficient (Wildman–Crippen LogP) is 2.28. The summed E-state index contributed by atoms with van der Waals surface area (Å²) in [6.07, 6.45) is 3.59. The zero-order valence-corrected chi connectivity index (χ0v) is 11.5. The SMILES string of the molecule is CCn1cccc1/C=N\NC(=O)c1cccc(OC)c1. The van der Waals surface area contributed by atoms with Crippen molar-refractivity contribution in [1.82, 2.24) is 9.99 Å². The van der Waals surface area contributed by atoms with Crippen molar-refractivity contribution in [1.29, 1.82) is 0 Å². The number of aryl methyl sites for hydroxylation is 1. The molecule has 1 aromatic carbocycles. The zero-order chi connectivity index (χ0) is 14.4. The van der Waals surface area contributed by atoms with Crippen molar-refractivity contribution >= 4 is 12.1 Å². The van der Waals surface area contributed by atoms with Crippen LogP contribution in [0.15, 0.2) is 47.7 Å². The molecule has 1 heterocycles. The molecule has 104 valence electrons. The first-order valence-corrected chi connectivity index (χ1v) is 6.37. The molecule has 1 N–H and O–H groups in total. The predicted molar refractivity (Wildman–Crippen MR) is 78.2 cm³/mol. The largest absolute Gasteiger partial charge is 0.497 e. The van der Waals surface area contributed by atoms with Gasteiger partial charge in [0.1, 0.15) is 5.75 Å². The Bertz CT molecular complexity index is 617. The van der Waals surface area contributed by atoms with E-state index in [4.69, 9.17) is 4.74 Å². The van der Waals surface area contributed by atoms with Crippen molar-refractivity contribution in [2.45, 2.75) is 13.5 Å². The van der Waals surface area contributed by atoms with E-state index < -0.39 is 0 Å². The third-order valence-corrected chi connectivity index (χ3v) is 2.90. The van der Waals surface area contributed by atoms with Crippen LogP contribution in [0, 0.1) is 0 Å². The molecule has 5 nitrogen and oxygen atoms in total. The number of amides is 1.